The van der Waals surface area contributed by atoms with Crippen LogP contribution in [0.2, 0.25) is 0 Å². The van der Waals surface area contributed by atoms with Gasteiger partial charge in [-0.1, -0.05) is 13.3 Å². The largest absolute Gasteiger partial charge is 0.319 e. The van der Waals surface area contributed by atoms with Gasteiger partial charge in [0.2, 0.25) is 0 Å². The number of nitrogens with zero attached hydrogens (tertiary/aromatic N) is 1. The highest BCUT2D eigenvalue weighted by Crippen LogP contribution is 2.38. The normalized spacial score (nSPS) is 25.4. The maximum atomic E-state index is 3.42. The summed E-state index contributed by atoms with van der Waals surface area (Å²) in [6, 6.07) is 2.92. The van der Waals surface area contributed by atoms with Gasteiger partial charge in [-0.05, 0) is 75.8 Å². The standard InChI is InChI=1S/C16H28N2S/c1-4-9-18-10-6-5-7-14(12-17-3)15(18)16-13(2)8-11-19-16/h8,11,14-15,17H,4-7,9-10,12H2,1-3H3. The minimum atomic E-state index is 0.634. The highest BCUT2D eigenvalue weighted by molar-refractivity contribution is 7.10. The van der Waals surface area contributed by atoms with E-state index in [1.165, 1.54) is 44.3 Å². The van der Waals surface area contributed by atoms with Gasteiger partial charge in [0.15, 0.2) is 0 Å². The van der Waals surface area contributed by atoms with Crippen molar-refractivity contribution in [3.8, 4) is 0 Å². The van der Waals surface area contributed by atoms with Crippen molar-refractivity contribution in [2.75, 3.05) is 26.7 Å². The fourth-order valence-corrected chi connectivity index (χ4v) is 4.55. The molecule has 0 aromatic carbocycles. The molecule has 0 amide bonds. The van der Waals surface area contributed by atoms with Crippen LogP contribution in [0.4, 0.5) is 0 Å². The summed E-state index contributed by atoms with van der Waals surface area (Å²) >= 11 is 1.96. The van der Waals surface area contributed by atoms with E-state index in [1.807, 2.05) is 11.3 Å². The summed E-state index contributed by atoms with van der Waals surface area (Å²) in [5.41, 5.74) is 1.49. The molecule has 1 aromatic rings. The van der Waals surface area contributed by atoms with E-state index in [0.29, 0.717) is 6.04 Å². The molecular formula is C16H28N2S. The molecule has 0 radical (unpaired) electrons. The van der Waals surface area contributed by atoms with Gasteiger partial charge < -0.3 is 5.32 Å². The number of aryl methyl sites for hydroxylation is 1. The minimum Gasteiger partial charge on any atom is -0.319 e. The Morgan fingerprint density at radius 3 is 2.89 bits per heavy atom. The Kier molecular flexibility index (Phi) is 5.86. The topological polar surface area (TPSA) is 15.3 Å². The molecule has 1 aliphatic heterocycles. The summed E-state index contributed by atoms with van der Waals surface area (Å²) in [5.74, 6) is 0.761. The molecule has 108 valence electrons. The lowest BCUT2D eigenvalue weighted by atomic mass is 9.92. The van der Waals surface area contributed by atoms with Crippen molar-refractivity contribution in [2.24, 2.45) is 5.92 Å². The average Bonchev–Trinajstić information content (AvgIpc) is 2.71. The van der Waals surface area contributed by atoms with Crippen molar-refractivity contribution in [1.29, 1.82) is 0 Å². The third kappa shape index (κ3) is 3.59. The zero-order chi connectivity index (χ0) is 13.7. The second-order valence-corrected chi connectivity index (χ2v) is 6.71. The number of rotatable bonds is 5. The van der Waals surface area contributed by atoms with Crippen LogP contribution in [-0.2, 0) is 0 Å². The molecule has 2 nitrogen and oxygen atoms in total. The third-order valence-corrected chi connectivity index (χ3v) is 5.35. The molecule has 1 aromatic heterocycles. The Hall–Kier alpha value is -0.380. The molecule has 2 rings (SSSR count). The van der Waals surface area contributed by atoms with E-state index in [2.05, 4.69) is 42.6 Å². The van der Waals surface area contributed by atoms with E-state index in [9.17, 15) is 0 Å². The lowest BCUT2D eigenvalue weighted by Gasteiger charge is -2.35. The van der Waals surface area contributed by atoms with Gasteiger partial charge >= 0.3 is 0 Å². The first-order chi connectivity index (χ1) is 9.27. The first-order valence-electron chi connectivity index (χ1n) is 7.70. The summed E-state index contributed by atoms with van der Waals surface area (Å²) in [4.78, 5) is 4.35. The van der Waals surface area contributed by atoms with Crippen molar-refractivity contribution in [1.82, 2.24) is 10.2 Å². The van der Waals surface area contributed by atoms with Crippen LogP contribution in [0, 0.1) is 12.8 Å². The maximum Gasteiger partial charge on any atom is 0.0484 e. The van der Waals surface area contributed by atoms with Crippen molar-refractivity contribution < 1.29 is 0 Å². The molecule has 0 spiro atoms. The average molecular weight is 280 g/mol. The van der Waals surface area contributed by atoms with Crippen molar-refractivity contribution in [3.63, 3.8) is 0 Å². The molecule has 1 fully saturated rings. The Bertz CT molecular complexity index is 359. The van der Waals surface area contributed by atoms with Crippen molar-refractivity contribution >= 4 is 11.3 Å². The second-order valence-electron chi connectivity index (χ2n) is 5.76. The van der Waals surface area contributed by atoms with Crippen LogP contribution < -0.4 is 5.32 Å². The first-order valence-corrected chi connectivity index (χ1v) is 8.58. The van der Waals surface area contributed by atoms with Gasteiger partial charge in [0.25, 0.3) is 0 Å². The third-order valence-electron chi connectivity index (χ3n) is 4.26. The molecule has 2 unspecified atom stereocenters. The van der Waals surface area contributed by atoms with E-state index in [4.69, 9.17) is 0 Å². The smallest absolute Gasteiger partial charge is 0.0484 e. The fourth-order valence-electron chi connectivity index (χ4n) is 3.40. The summed E-state index contributed by atoms with van der Waals surface area (Å²) in [6.45, 7) is 8.23. The number of hydrogen-bond donors (Lipinski definition) is 1. The SMILES string of the molecule is CCCN1CCCCC(CNC)C1c1sccc1C. The summed E-state index contributed by atoms with van der Waals surface area (Å²) in [5, 5.41) is 5.68. The second kappa shape index (κ2) is 7.41. The summed E-state index contributed by atoms with van der Waals surface area (Å²) < 4.78 is 0. The summed E-state index contributed by atoms with van der Waals surface area (Å²) in [6.07, 6.45) is 5.37. The van der Waals surface area contributed by atoms with Crippen LogP contribution in [0.3, 0.4) is 0 Å². The van der Waals surface area contributed by atoms with Gasteiger partial charge in [0.1, 0.15) is 0 Å². The van der Waals surface area contributed by atoms with E-state index in [-0.39, 0.29) is 0 Å². The van der Waals surface area contributed by atoms with Crippen molar-refractivity contribution in [2.45, 2.75) is 45.6 Å². The van der Waals surface area contributed by atoms with Crippen LogP contribution in [0.1, 0.15) is 49.1 Å². The lowest BCUT2D eigenvalue weighted by molar-refractivity contribution is 0.157. The lowest BCUT2D eigenvalue weighted by Crippen LogP contribution is -2.36. The highest BCUT2D eigenvalue weighted by Gasteiger charge is 2.31. The zero-order valence-electron chi connectivity index (χ0n) is 12.6. The van der Waals surface area contributed by atoms with E-state index < -0.39 is 0 Å². The molecule has 2 atom stereocenters. The fraction of sp³-hybridized carbons (Fsp3) is 0.750. The van der Waals surface area contributed by atoms with Crippen LogP contribution in [-0.4, -0.2) is 31.6 Å². The van der Waals surface area contributed by atoms with Gasteiger partial charge in [0, 0.05) is 10.9 Å². The monoisotopic (exact) mass is 280 g/mol. The molecular weight excluding hydrogens is 252 g/mol. The Morgan fingerprint density at radius 2 is 2.26 bits per heavy atom. The van der Waals surface area contributed by atoms with Crippen LogP contribution in [0.25, 0.3) is 0 Å². The molecule has 0 saturated carbocycles. The van der Waals surface area contributed by atoms with Crippen LogP contribution >= 0.6 is 11.3 Å². The predicted octanol–water partition coefficient (Wildman–Crippen LogP) is 3.83. The number of thiophene rings is 1. The molecule has 1 aliphatic rings. The maximum absolute atomic E-state index is 3.42. The minimum absolute atomic E-state index is 0.634. The number of hydrogen-bond acceptors (Lipinski definition) is 3. The number of nitrogens with one attached hydrogen (secondary N) is 1. The van der Waals surface area contributed by atoms with Gasteiger partial charge in [-0.25, -0.2) is 0 Å². The van der Waals surface area contributed by atoms with E-state index >= 15 is 0 Å². The van der Waals surface area contributed by atoms with Crippen LogP contribution in [0.15, 0.2) is 11.4 Å². The Morgan fingerprint density at radius 1 is 1.42 bits per heavy atom. The molecule has 1 N–H and O–H groups in total. The van der Waals surface area contributed by atoms with Gasteiger partial charge in [0.05, 0.1) is 0 Å². The zero-order valence-corrected chi connectivity index (χ0v) is 13.4. The molecule has 0 bridgehead atoms. The van der Waals surface area contributed by atoms with Crippen LogP contribution in [0.5, 0.6) is 0 Å². The first kappa shape index (κ1) is 15.0. The van der Waals surface area contributed by atoms with E-state index in [1.54, 1.807) is 4.88 Å². The molecule has 2 heterocycles. The molecule has 0 aliphatic carbocycles. The van der Waals surface area contributed by atoms with Crippen molar-refractivity contribution in [3.05, 3.63) is 21.9 Å². The highest BCUT2D eigenvalue weighted by atomic mass is 32.1. The predicted molar refractivity (Wildman–Crippen MR) is 84.9 cm³/mol. The van der Waals surface area contributed by atoms with Gasteiger partial charge in [-0.3, -0.25) is 4.90 Å². The van der Waals surface area contributed by atoms with Gasteiger partial charge in [-0.2, -0.15) is 0 Å². The summed E-state index contributed by atoms with van der Waals surface area (Å²) in [7, 11) is 2.09. The quantitative estimate of drug-likeness (QED) is 0.882. The number of likely N-dealkylation sites (tertiary alicyclic amines) is 1. The molecule has 3 heteroatoms. The Balaban J connectivity index is 2.28. The van der Waals surface area contributed by atoms with Gasteiger partial charge in [-0.15, -0.1) is 11.3 Å². The Labute approximate surface area is 122 Å². The molecule has 19 heavy (non-hydrogen) atoms. The molecule has 1 saturated heterocycles. The van der Waals surface area contributed by atoms with E-state index in [0.717, 1.165) is 12.5 Å².